The number of ether oxygens (including phenoxy) is 1. The van der Waals surface area contributed by atoms with Crippen molar-refractivity contribution in [1.82, 2.24) is 5.32 Å². The van der Waals surface area contributed by atoms with Gasteiger partial charge >= 0.3 is 0 Å². The van der Waals surface area contributed by atoms with E-state index in [0.717, 1.165) is 25.9 Å². The predicted molar refractivity (Wildman–Crippen MR) is 62.0 cm³/mol. The fraction of sp³-hybridized carbons (Fsp3) is 1.00. The molecule has 0 aromatic heterocycles. The van der Waals surface area contributed by atoms with Crippen LogP contribution in [0.1, 0.15) is 45.4 Å². The summed E-state index contributed by atoms with van der Waals surface area (Å²) in [5.41, 5.74) is -0.115. The highest BCUT2D eigenvalue weighted by molar-refractivity contribution is 4.80. The van der Waals surface area contributed by atoms with Crippen LogP contribution in [-0.4, -0.2) is 37.0 Å². The van der Waals surface area contributed by atoms with Crippen molar-refractivity contribution in [2.24, 2.45) is 0 Å². The van der Waals surface area contributed by atoms with Gasteiger partial charge in [-0.15, -0.1) is 0 Å². The summed E-state index contributed by atoms with van der Waals surface area (Å²) in [7, 11) is 1.90. The van der Waals surface area contributed by atoms with Crippen molar-refractivity contribution < 1.29 is 9.84 Å². The molecule has 3 heteroatoms. The maximum atomic E-state index is 9.18. The zero-order chi connectivity index (χ0) is 11.1. The van der Waals surface area contributed by atoms with Gasteiger partial charge in [0.15, 0.2) is 0 Å². The van der Waals surface area contributed by atoms with Crippen molar-refractivity contribution in [3.8, 4) is 0 Å². The van der Waals surface area contributed by atoms with Gasteiger partial charge in [-0.2, -0.15) is 0 Å². The minimum atomic E-state index is -0.115. The summed E-state index contributed by atoms with van der Waals surface area (Å²) in [4.78, 5) is 0. The van der Waals surface area contributed by atoms with E-state index in [1.165, 1.54) is 19.3 Å². The van der Waals surface area contributed by atoms with E-state index in [0.29, 0.717) is 6.10 Å². The molecule has 1 atom stereocenters. The zero-order valence-corrected chi connectivity index (χ0v) is 10.1. The third-order valence-corrected chi connectivity index (χ3v) is 3.48. The number of hydrogen-bond donors (Lipinski definition) is 2. The smallest absolute Gasteiger partial charge is 0.0610 e. The number of hydrogen-bond acceptors (Lipinski definition) is 3. The van der Waals surface area contributed by atoms with Crippen LogP contribution < -0.4 is 5.32 Å². The number of unbranched alkanes of at least 4 members (excludes halogenated alkanes) is 1. The average Bonchev–Trinajstić information content (AvgIpc) is 2.20. The van der Waals surface area contributed by atoms with E-state index >= 15 is 0 Å². The van der Waals surface area contributed by atoms with Crippen LogP contribution in [0.4, 0.5) is 0 Å². The largest absolute Gasteiger partial charge is 0.394 e. The molecule has 1 unspecified atom stereocenters. The van der Waals surface area contributed by atoms with Crippen LogP contribution in [0.25, 0.3) is 0 Å². The number of nitrogens with one attached hydrogen (secondary N) is 1. The van der Waals surface area contributed by atoms with Crippen LogP contribution in [0.3, 0.4) is 0 Å². The Balaban J connectivity index is 1.95. The SMILES string of the molecule is CNC(C)(CO)CCCCOC1CCC1. The Morgan fingerprint density at radius 1 is 1.40 bits per heavy atom. The molecule has 0 aromatic carbocycles. The van der Waals surface area contributed by atoms with Gasteiger partial charge in [-0.3, -0.25) is 0 Å². The molecule has 1 saturated carbocycles. The molecule has 1 rings (SSSR count). The monoisotopic (exact) mass is 215 g/mol. The first-order valence-electron chi connectivity index (χ1n) is 6.11. The Morgan fingerprint density at radius 2 is 2.13 bits per heavy atom. The van der Waals surface area contributed by atoms with Crippen LogP contribution in [0, 0.1) is 0 Å². The molecule has 15 heavy (non-hydrogen) atoms. The van der Waals surface area contributed by atoms with Crippen LogP contribution in [0.15, 0.2) is 0 Å². The van der Waals surface area contributed by atoms with E-state index in [-0.39, 0.29) is 12.1 Å². The molecule has 0 radical (unpaired) electrons. The van der Waals surface area contributed by atoms with Gasteiger partial charge in [0.1, 0.15) is 0 Å². The summed E-state index contributed by atoms with van der Waals surface area (Å²) in [6, 6.07) is 0. The van der Waals surface area contributed by atoms with E-state index in [4.69, 9.17) is 4.74 Å². The van der Waals surface area contributed by atoms with Crippen molar-refractivity contribution in [2.75, 3.05) is 20.3 Å². The maximum absolute atomic E-state index is 9.18. The van der Waals surface area contributed by atoms with Gasteiger partial charge < -0.3 is 15.2 Å². The van der Waals surface area contributed by atoms with Crippen molar-refractivity contribution in [2.45, 2.75) is 57.1 Å². The lowest BCUT2D eigenvalue weighted by atomic mass is 9.95. The van der Waals surface area contributed by atoms with Crippen molar-refractivity contribution in [3.05, 3.63) is 0 Å². The molecule has 2 N–H and O–H groups in total. The van der Waals surface area contributed by atoms with Crippen LogP contribution in [0.2, 0.25) is 0 Å². The molecule has 0 amide bonds. The van der Waals surface area contributed by atoms with Crippen molar-refractivity contribution in [3.63, 3.8) is 0 Å². The van der Waals surface area contributed by atoms with Crippen LogP contribution in [-0.2, 0) is 4.74 Å². The van der Waals surface area contributed by atoms with Gasteiger partial charge in [-0.25, -0.2) is 0 Å². The van der Waals surface area contributed by atoms with E-state index in [1.807, 2.05) is 7.05 Å². The van der Waals surface area contributed by atoms with Crippen LogP contribution in [0.5, 0.6) is 0 Å². The highest BCUT2D eigenvalue weighted by atomic mass is 16.5. The fourth-order valence-electron chi connectivity index (χ4n) is 1.69. The molecular weight excluding hydrogens is 190 g/mol. The highest BCUT2D eigenvalue weighted by Crippen LogP contribution is 2.22. The third-order valence-electron chi connectivity index (χ3n) is 3.48. The van der Waals surface area contributed by atoms with Gasteiger partial charge in [0.2, 0.25) is 0 Å². The average molecular weight is 215 g/mol. The van der Waals surface area contributed by atoms with Gasteiger partial charge in [0, 0.05) is 12.1 Å². The normalized spacial score (nSPS) is 21.0. The van der Waals surface area contributed by atoms with Gasteiger partial charge in [0.25, 0.3) is 0 Å². The third kappa shape index (κ3) is 4.49. The first kappa shape index (κ1) is 12.9. The summed E-state index contributed by atoms with van der Waals surface area (Å²) in [6.07, 6.45) is 7.63. The Hall–Kier alpha value is -0.120. The molecule has 90 valence electrons. The Bertz CT molecular complexity index is 165. The second-order valence-corrected chi connectivity index (χ2v) is 4.85. The van der Waals surface area contributed by atoms with Gasteiger partial charge in [0.05, 0.1) is 12.7 Å². The second-order valence-electron chi connectivity index (χ2n) is 4.85. The molecular formula is C12H25NO2. The molecule has 0 heterocycles. The first-order valence-corrected chi connectivity index (χ1v) is 6.11. The first-order chi connectivity index (χ1) is 7.20. The lowest BCUT2D eigenvalue weighted by Crippen LogP contribution is -2.43. The van der Waals surface area contributed by atoms with Crippen molar-refractivity contribution >= 4 is 0 Å². The van der Waals surface area contributed by atoms with Gasteiger partial charge in [-0.05, 0) is 52.5 Å². The van der Waals surface area contributed by atoms with Crippen LogP contribution >= 0.6 is 0 Å². The minimum absolute atomic E-state index is 0.115. The highest BCUT2D eigenvalue weighted by Gasteiger charge is 2.20. The minimum Gasteiger partial charge on any atom is -0.394 e. The summed E-state index contributed by atoms with van der Waals surface area (Å²) in [5.74, 6) is 0. The molecule has 0 aromatic rings. The molecule has 0 saturated heterocycles. The second kappa shape index (κ2) is 6.46. The lowest BCUT2D eigenvalue weighted by Gasteiger charge is -2.28. The lowest BCUT2D eigenvalue weighted by molar-refractivity contribution is -0.000141. The predicted octanol–water partition coefficient (Wildman–Crippen LogP) is 1.70. The fourth-order valence-corrected chi connectivity index (χ4v) is 1.69. The molecule has 3 nitrogen and oxygen atoms in total. The molecule has 1 fully saturated rings. The van der Waals surface area contributed by atoms with E-state index in [9.17, 15) is 5.11 Å². The Kier molecular flexibility index (Phi) is 5.58. The number of rotatable bonds is 8. The molecule has 1 aliphatic rings. The maximum Gasteiger partial charge on any atom is 0.0610 e. The molecule has 0 aliphatic heterocycles. The summed E-state index contributed by atoms with van der Waals surface area (Å²) < 4.78 is 5.68. The topological polar surface area (TPSA) is 41.5 Å². The van der Waals surface area contributed by atoms with E-state index < -0.39 is 0 Å². The standard InChI is InChI=1S/C12H25NO2/c1-12(10-14,13-2)8-3-4-9-15-11-6-5-7-11/h11,13-14H,3-10H2,1-2H3. The number of aliphatic hydroxyl groups is 1. The quantitative estimate of drug-likeness (QED) is 0.606. The van der Waals surface area contributed by atoms with Gasteiger partial charge in [-0.1, -0.05) is 0 Å². The molecule has 0 bridgehead atoms. The summed E-state index contributed by atoms with van der Waals surface area (Å²) in [6.45, 7) is 3.14. The molecule has 1 aliphatic carbocycles. The Labute approximate surface area is 93.2 Å². The summed E-state index contributed by atoms with van der Waals surface area (Å²) >= 11 is 0. The van der Waals surface area contributed by atoms with Crippen molar-refractivity contribution in [1.29, 1.82) is 0 Å². The Morgan fingerprint density at radius 3 is 2.60 bits per heavy atom. The molecule has 0 spiro atoms. The van der Waals surface area contributed by atoms with E-state index in [1.54, 1.807) is 0 Å². The number of likely N-dealkylation sites (N-methyl/N-ethyl adjacent to an activating group) is 1. The zero-order valence-electron chi connectivity index (χ0n) is 10.1. The number of aliphatic hydroxyl groups excluding tert-OH is 1. The summed E-state index contributed by atoms with van der Waals surface area (Å²) in [5, 5.41) is 12.3. The van der Waals surface area contributed by atoms with E-state index in [2.05, 4.69) is 12.2 Å².